The lowest BCUT2D eigenvalue weighted by atomic mass is 10.2. The fourth-order valence-corrected chi connectivity index (χ4v) is 4.26. The molecule has 5 aromatic rings. The highest BCUT2D eigenvalue weighted by molar-refractivity contribution is 9.10. The van der Waals surface area contributed by atoms with E-state index in [9.17, 15) is 0 Å². The molecule has 3 N–H and O–H groups in total. The van der Waals surface area contributed by atoms with Crippen LogP contribution in [0.3, 0.4) is 0 Å². The Morgan fingerprint density at radius 3 is 2.26 bits per heavy atom. The molecule has 2 aromatic heterocycles. The number of nitrogens with zero attached hydrogens (tertiary/aromatic N) is 4. The quantitative estimate of drug-likeness (QED) is 0.248. The number of nitrogens with one attached hydrogen (secondary N) is 1. The number of aromatic nitrogens is 4. The summed E-state index contributed by atoms with van der Waals surface area (Å²) in [6.07, 6.45) is 0. The van der Waals surface area contributed by atoms with Gasteiger partial charge in [0.15, 0.2) is 5.82 Å². The van der Waals surface area contributed by atoms with Crippen molar-refractivity contribution in [1.82, 2.24) is 19.5 Å². The minimum absolute atomic E-state index is 0.112. The average molecular weight is 580 g/mol. The largest absolute Gasteiger partial charge is 0.479 e. The normalized spacial score (nSPS) is 11.0. The van der Waals surface area contributed by atoms with Crippen molar-refractivity contribution in [2.75, 3.05) is 18.2 Å². The van der Waals surface area contributed by atoms with Crippen molar-refractivity contribution in [3.05, 3.63) is 87.3 Å². The zero-order chi connectivity index (χ0) is 23.7. The van der Waals surface area contributed by atoms with Gasteiger partial charge < -0.3 is 15.8 Å². The van der Waals surface area contributed by atoms with Crippen LogP contribution < -0.4 is 15.8 Å². The molecular weight excluding hydrogens is 560 g/mol. The molecule has 0 spiro atoms. The molecule has 0 saturated carbocycles. The van der Waals surface area contributed by atoms with E-state index in [-0.39, 0.29) is 5.95 Å². The number of nitrogens with two attached hydrogens (primary N) is 1. The number of nitrogen functional groups attached to an aromatic ring is 1. The van der Waals surface area contributed by atoms with Crippen LogP contribution in [0.25, 0.3) is 28.2 Å². The van der Waals surface area contributed by atoms with E-state index in [2.05, 4.69) is 47.1 Å². The van der Waals surface area contributed by atoms with Crippen molar-refractivity contribution in [2.24, 2.45) is 0 Å². The Morgan fingerprint density at radius 1 is 0.882 bits per heavy atom. The number of benzene rings is 3. The highest BCUT2D eigenvalue weighted by atomic mass is 79.9. The van der Waals surface area contributed by atoms with E-state index in [1.54, 1.807) is 7.11 Å². The van der Waals surface area contributed by atoms with Gasteiger partial charge >= 0.3 is 0 Å². The number of halogens is 2. The van der Waals surface area contributed by atoms with Gasteiger partial charge in [0.05, 0.1) is 18.1 Å². The molecule has 0 aliphatic heterocycles. The van der Waals surface area contributed by atoms with Crippen LogP contribution in [0.4, 0.5) is 11.6 Å². The van der Waals surface area contributed by atoms with Crippen molar-refractivity contribution in [2.45, 2.75) is 6.54 Å². The van der Waals surface area contributed by atoms with E-state index in [4.69, 9.17) is 15.5 Å². The zero-order valence-corrected chi connectivity index (χ0v) is 21.3. The van der Waals surface area contributed by atoms with Crippen molar-refractivity contribution >= 4 is 54.5 Å². The first-order valence-corrected chi connectivity index (χ1v) is 12.1. The summed E-state index contributed by atoms with van der Waals surface area (Å²) in [5.74, 6) is 1.77. The molecule has 9 heteroatoms. The number of methoxy groups -OCH3 is 1. The van der Waals surface area contributed by atoms with E-state index in [1.165, 1.54) is 0 Å². The first kappa shape index (κ1) is 22.4. The predicted molar refractivity (Wildman–Crippen MR) is 142 cm³/mol. The highest BCUT2D eigenvalue weighted by Crippen LogP contribution is 2.36. The second kappa shape index (κ2) is 9.44. The molecule has 0 unspecified atom stereocenters. The van der Waals surface area contributed by atoms with Gasteiger partial charge in [0, 0.05) is 21.1 Å². The third-order valence-corrected chi connectivity index (χ3v) is 6.38. The highest BCUT2D eigenvalue weighted by Gasteiger charge is 2.22. The Hall–Kier alpha value is -3.43. The van der Waals surface area contributed by atoms with Gasteiger partial charge in [-0.05, 0) is 42.0 Å². The van der Waals surface area contributed by atoms with Gasteiger partial charge in [0.25, 0.3) is 0 Å². The second-order valence-electron chi connectivity index (χ2n) is 7.54. The molecule has 0 atom stereocenters. The molecule has 0 saturated heterocycles. The maximum Gasteiger partial charge on any atom is 0.244 e. The Balaban J connectivity index is 1.71. The van der Waals surface area contributed by atoms with E-state index < -0.39 is 0 Å². The Bertz CT molecular complexity index is 1470. The second-order valence-corrected chi connectivity index (χ2v) is 9.37. The third-order valence-electron chi connectivity index (χ3n) is 5.32. The van der Waals surface area contributed by atoms with Crippen LogP contribution in [0.15, 0.2) is 81.7 Å². The summed E-state index contributed by atoms with van der Waals surface area (Å²) < 4.78 is 9.61. The van der Waals surface area contributed by atoms with E-state index in [0.29, 0.717) is 23.9 Å². The number of fused-ring (bicyclic) bond motifs is 1. The molecule has 0 amide bonds. The molecule has 34 heavy (non-hydrogen) atoms. The standard InChI is InChI=1S/C25H20Br2N6O/c1-34-24-21(29-14-15-6-10-17(26)11-7-15)23(31-25(28)32-24)33-20-5-3-2-4-19(20)30-22(33)16-8-12-18(27)13-9-16/h2-13,29H,14H2,1H3,(H2,28,31,32). The maximum absolute atomic E-state index is 6.11. The van der Waals surface area contributed by atoms with Gasteiger partial charge in [-0.3, -0.25) is 4.57 Å². The Labute approximate surface area is 213 Å². The summed E-state index contributed by atoms with van der Waals surface area (Å²) in [5, 5.41) is 3.46. The van der Waals surface area contributed by atoms with Crippen LogP contribution >= 0.6 is 31.9 Å². The van der Waals surface area contributed by atoms with Crippen molar-refractivity contribution in [3.63, 3.8) is 0 Å². The summed E-state index contributed by atoms with van der Waals surface area (Å²) in [7, 11) is 1.57. The topological polar surface area (TPSA) is 90.9 Å². The Kier molecular flexibility index (Phi) is 6.21. The molecule has 0 aliphatic rings. The molecule has 0 radical (unpaired) electrons. The number of hydrogen-bond donors (Lipinski definition) is 2. The zero-order valence-electron chi connectivity index (χ0n) is 18.2. The number of imidazole rings is 1. The van der Waals surface area contributed by atoms with Crippen LogP contribution in [0, 0.1) is 0 Å². The lowest BCUT2D eigenvalue weighted by Gasteiger charge is -2.17. The van der Waals surface area contributed by atoms with Gasteiger partial charge in [-0.1, -0.05) is 68.3 Å². The molecule has 0 fully saturated rings. The van der Waals surface area contributed by atoms with Crippen LogP contribution in [-0.4, -0.2) is 26.6 Å². The van der Waals surface area contributed by atoms with Gasteiger partial charge in [0.1, 0.15) is 11.5 Å². The molecule has 5 rings (SSSR count). The van der Waals surface area contributed by atoms with E-state index >= 15 is 0 Å². The van der Waals surface area contributed by atoms with E-state index in [0.717, 1.165) is 36.9 Å². The minimum atomic E-state index is 0.112. The summed E-state index contributed by atoms with van der Waals surface area (Å²) in [5.41, 5.74) is 10.5. The molecule has 3 aromatic carbocycles. The summed E-state index contributed by atoms with van der Waals surface area (Å²) in [4.78, 5) is 13.9. The summed E-state index contributed by atoms with van der Waals surface area (Å²) >= 11 is 6.99. The lowest BCUT2D eigenvalue weighted by molar-refractivity contribution is 0.399. The molecule has 0 aliphatic carbocycles. The molecule has 170 valence electrons. The number of hydrogen-bond acceptors (Lipinski definition) is 6. The van der Waals surface area contributed by atoms with Crippen LogP contribution in [0.2, 0.25) is 0 Å². The molecule has 0 bridgehead atoms. The number of ether oxygens (including phenoxy) is 1. The van der Waals surface area contributed by atoms with Gasteiger partial charge in [-0.15, -0.1) is 0 Å². The number of para-hydroxylation sites is 2. The van der Waals surface area contributed by atoms with Gasteiger partial charge in [-0.25, -0.2) is 4.98 Å². The summed E-state index contributed by atoms with van der Waals surface area (Å²) in [6, 6.07) is 24.0. The van der Waals surface area contributed by atoms with Crippen molar-refractivity contribution in [1.29, 1.82) is 0 Å². The van der Waals surface area contributed by atoms with Crippen LogP contribution in [0.5, 0.6) is 5.88 Å². The van der Waals surface area contributed by atoms with E-state index in [1.807, 2.05) is 77.4 Å². The van der Waals surface area contributed by atoms with Gasteiger partial charge in [0.2, 0.25) is 11.8 Å². The van der Waals surface area contributed by atoms with Crippen molar-refractivity contribution in [3.8, 4) is 23.1 Å². The fraction of sp³-hybridized carbons (Fsp3) is 0.0800. The average Bonchev–Trinajstić information content (AvgIpc) is 3.23. The molecular formula is C25H20Br2N6O. The Morgan fingerprint density at radius 2 is 1.56 bits per heavy atom. The lowest BCUT2D eigenvalue weighted by Crippen LogP contribution is -2.12. The van der Waals surface area contributed by atoms with Crippen LogP contribution in [0.1, 0.15) is 5.56 Å². The SMILES string of the molecule is COc1nc(N)nc(-n2c(-c3ccc(Br)cc3)nc3ccccc32)c1NCc1ccc(Br)cc1. The van der Waals surface area contributed by atoms with Gasteiger partial charge in [-0.2, -0.15) is 9.97 Å². The molecule has 7 nitrogen and oxygen atoms in total. The first-order chi connectivity index (χ1) is 16.5. The number of rotatable bonds is 6. The smallest absolute Gasteiger partial charge is 0.244 e. The molecule has 2 heterocycles. The summed E-state index contributed by atoms with van der Waals surface area (Å²) in [6.45, 7) is 0.546. The third kappa shape index (κ3) is 4.36. The first-order valence-electron chi connectivity index (χ1n) is 10.5. The monoisotopic (exact) mass is 578 g/mol. The fourth-order valence-electron chi connectivity index (χ4n) is 3.73. The predicted octanol–water partition coefficient (Wildman–Crippen LogP) is 6.21. The van der Waals surface area contributed by atoms with Crippen molar-refractivity contribution < 1.29 is 4.74 Å². The van der Waals surface area contributed by atoms with Crippen LogP contribution in [-0.2, 0) is 6.54 Å². The maximum atomic E-state index is 6.11. The minimum Gasteiger partial charge on any atom is -0.479 e. The number of anilines is 2.